The minimum atomic E-state index is 0.0390. The van der Waals surface area contributed by atoms with Crippen LogP contribution in [-0.4, -0.2) is 29.7 Å². The number of benzene rings is 2. The van der Waals surface area contributed by atoms with Crippen LogP contribution in [0.1, 0.15) is 0 Å². The first kappa shape index (κ1) is 16.3. The average Bonchev–Trinajstić information content (AvgIpc) is 2.64. The van der Waals surface area contributed by atoms with Gasteiger partial charge in [0, 0.05) is 23.4 Å². The standard InChI is InChI=1S/C19H19N3OS/c23-19(14-24-16-7-2-1-3-8-16)21-13-12-20-18-11-10-15-6-4-5-9-17(15)22-18/h1-11H,12-14H2,(H,20,22)(H,21,23). The SMILES string of the molecule is O=C(CSc1ccccc1)NCCNc1ccc2ccccc2n1. The van der Waals surface area contributed by atoms with Crippen molar-refractivity contribution in [1.82, 2.24) is 10.3 Å². The Hall–Kier alpha value is -2.53. The van der Waals surface area contributed by atoms with Gasteiger partial charge in [-0.05, 0) is 30.3 Å². The first-order valence-electron chi connectivity index (χ1n) is 7.85. The number of nitrogens with zero attached hydrogens (tertiary/aromatic N) is 1. The predicted octanol–water partition coefficient (Wildman–Crippen LogP) is 3.56. The number of hydrogen-bond donors (Lipinski definition) is 2. The maximum absolute atomic E-state index is 11.8. The van der Waals surface area contributed by atoms with Gasteiger partial charge in [0.25, 0.3) is 0 Å². The van der Waals surface area contributed by atoms with E-state index in [2.05, 4.69) is 15.6 Å². The smallest absolute Gasteiger partial charge is 0.230 e. The lowest BCUT2D eigenvalue weighted by Crippen LogP contribution is -2.30. The summed E-state index contributed by atoms with van der Waals surface area (Å²) in [6.45, 7) is 1.22. The fourth-order valence-electron chi connectivity index (χ4n) is 2.27. The molecule has 0 unspecified atom stereocenters. The van der Waals surface area contributed by atoms with E-state index in [1.54, 1.807) is 0 Å². The van der Waals surface area contributed by atoms with Crippen LogP contribution in [0.2, 0.25) is 0 Å². The summed E-state index contributed by atoms with van der Waals surface area (Å²) in [5.74, 6) is 1.29. The Morgan fingerprint density at radius 3 is 2.58 bits per heavy atom. The van der Waals surface area contributed by atoms with E-state index >= 15 is 0 Å². The molecular formula is C19H19N3OS. The Labute approximate surface area is 145 Å². The van der Waals surface area contributed by atoms with Crippen molar-refractivity contribution in [2.24, 2.45) is 0 Å². The molecule has 0 saturated carbocycles. The number of thioether (sulfide) groups is 1. The van der Waals surface area contributed by atoms with Gasteiger partial charge in [-0.2, -0.15) is 0 Å². The summed E-state index contributed by atoms with van der Waals surface area (Å²) in [6.07, 6.45) is 0. The molecule has 3 rings (SSSR count). The topological polar surface area (TPSA) is 54.0 Å². The van der Waals surface area contributed by atoms with Gasteiger partial charge in [-0.25, -0.2) is 4.98 Å². The molecule has 0 radical (unpaired) electrons. The number of rotatable bonds is 7. The van der Waals surface area contributed by atoms with Crippen molar-refractivity contribution < 1.29 is 4.79 Å². The summed E-state index contributed by atoms with van der Waals surface area (Å²) in [6, 6.07) is 21.9. The number of anilines is 1. The molecule has 0 fully saturated rings. The quantitative estimate of drug-likeness (QED) is 0.511. The van der Waals surface area contributed by atoms with Gasteiger partial charge < -0.3 is 10.6 Å². The number of amides is 1. The van der Waals surface area contributed by atoms with Gasteiger partial charge in [0.05, 0.1) is 11.3 Å². The van der Waals surface area contributed by atoms with E-state index in [0.29, 0.717) is 18.8 Å². The third-order valence-electron chi connectivity index (χ3n) is 3.46. The molecule has 2 N–H and O–H groups in total. The Morgan fingerprint density at radius 1 is 0.917 bits per heavy atom. The van der Waals surface area contributed by atoms with Gasteiger partial charge in [-0.3, -0.25) is 4.79 Å². The van der Waals surface area contributed by atoms with Crippen molar-refractivity contribution in [3.05, 3.63) is 66.7 Å². The number of hydrogen-bond acceptors (Lipinski definition) is 4. The number of carbonyl (C=O) groups is 1. The largest absolute Gasteiger partial charge is 0.368 e. The Bertz CT molecular complexity index is 808. The van der Waals surface area contributed by atoms with E-state index in [-0.39, 0.29) is 5.91 Å². The Balaban J connectivity index is 1.39. The zero-order valence-corrected chi connectivity index (χ0v) is 14.1. The molecule has 0 spiro atoms. The number of aromatic nitrogens is 1. The number of pyridine rings is 1. The molecule has 0 atom stereocenters. The summed E-state index contributed by atoms with van der Waals surface area (Å²) in [5.41, 5.74) is 0.964. The fraction of sp³-hybridized carbons (Fsp3) is 0.158. The maximum Gasteiger partial charge on any atom is 0.230 e. The number of fused-ring (bicyclic) bond motifs is 1. The third-order valence-corrected chi connectivity index (χ3v) is 4.48. The molecule has 24 heavy (non-hydrogen) atoms. The number of para-hydroxylation sites is 1. The monoisotopic (exact) mass is 337 g/mol. The normalized spacial score (nSPS) is 10.5. The molecule has 1 aromatic heterocycles. The molecule has 2 aromatic carbocycles. The van der Waals surface area contributed by atoms with Crippen molar-refractivity contribution in [3.63, 3.8) is 0 Å². The molecule has 0 aliphatic rings. The van der Waals surface area contributed by atoms with E-state index in [0.717, 1.165) is 21.6 Å². The Kier molecular flexibility index (Phi) is 5.69. The molecule has 0 aliphatic carbocycles. The average molecular weight is 337 g/mol. The second-order valence-corrected chi connectivity index (χ2v) is 6.32. The number of carbonyl (C=O) groups excluding carboxylic acids is 1. The highest BCUT2D eigenvalue weighted by Crippen LogP contribution is 2.16. The molecule has 3 aromatic rings. The highest BCUT2D eigenvalue weighted by Gasteiger charge is 2.02. The molecule has 1 amide bonds. The molecule has 0 bridgehead atoms. The lowest BCUT2D eigenvalue weighted by molar-refractivity contribution is -0.118. The molecule has 122 valence electrons. The van der Waals surface area contributed by atoms with Crippen LogP contribution in [0.4, 0.5) is 5.82 Å². The zero-order chi connectivity index (χ0) is 16.6. The van der Waals surface area contributed by atoms with Gasteiger partial charge in [0.15, 0.2) is 0 Å². The van der Waals surface area contributed by atoms with E-state index in [4.69, 9.17) is 0 Å². The summed E-state index contributed by atoms with van der Waals surface area (Å²) < 4.78 is 0. The molecular weight excluding hydrogens is 318 g/mol. The summed E-state index contributed by atoms with van der Waals surface area (Å²) in [4.78, 5) is 17.5. The van der Waals surface area contributed by atoms with Crippen molar-refractivity contribution >= 4 is 34.4 Å². The van der Waals surface area contributed by atoms with E-state index in [1.165, 1.54) is 11.8 Å². The summed E-state index contributed by atoms with van der Waals surface area (Å²) in [5, 5.41) is 7.26. The van der Waals surface area contributed by atoms with Gasteiger partial charge in [0.2, 0.25) is 5.91 Å². The van der Waals surface area contributed by atoms with Crippen LogP contribution in [0, 0.1) is 0 Å². The van der Waals surface area contributed by atoms with Crippen LogP contribution in [0.3, 0.4) is 0 Å². The van der Waals surface area contributed by atoms with Crippen LogP contribution < -0.4 is 10.6 Å². The summed E-state index contributed by atoms with van der Waals surface area (Å²) in [7, 11) is 0. The van der Waals surface area contributed by atoms with E-state index in [9.17, 15) is 4.79 Å². The lowest BCUT2D eigenvalue weighted by atomic mass is 10.2. The first-order valence-corrected chi connectivity index (χ1v) is 8.84. The molecule has 0 aliphatic heterocycles. The highest BCUT2D eigenvalue weighted by molar-refractivity contribution is 8.00. The first-order chi connectivity index (χ1) is 11.8. The maximum atomic E-state index is 11.8. The van der Waals surface area contributed by atoms with Crippen LogP contribution in [0.5, 0.6) is 0 Å². The van der Waals surface area contributed by atoms with E-state index in [1.807, 2.05) is 66.7 Å². The second kappa shape index (κ2) is 8.36. The molecule has 0 saturated heterocycles. The molecule has 5 heteroatoms. The van der Waals surface area contributed by atoms with Gasteiger partial charge in [-0.15, -0.1) is 11.8 Å². The lowest BCUT2D eigenvalue weighted by Gasteiger charge is -2.08. The van der Waals surface area contributed by atoms with Gasteiger partial charge in [0.1, 0.15) is 5.82 Å². The van der Waals surface area contributed by atoms with Gasteiger partial charge in [-0.1, -0.05) is 36.4 Å². The van der Waals surface area contributed by atoms with Crippen LogP contribution in [-0.2, 0) is 4.79 Å². The third kappa shape index (κ3) is 4.73. The summed E-state index contributed by atoms with van der Waals surface area (Å²) >= 11 is 1.54. The molecule has 4 nitrogen and oxygen atoms in total. The molecule has 1 heterocycles. The van der Waals surface area contributed by atoms with Crippen molar-refractivity contribution in [3.8, 4) is 0 Å². The minimum Gasteiger partial charge on any atom is -0.368 e. The van der Waals surface area contributed by atoms with E-state index < -0.39 is 0 Å². The fourth-order valence-corrected chi connectivity index (χ4v) is 3.02. The predicted molar refractivity (Wildman–Crippen MR) is 100 cm³/mol. The van der Waals surface area contributed by atoms with Gasteiger partial charge >= 0.3 is 0 Å². The zero-order valence-electron chi connectivity index (χ0n) is 13.2. The van der Waals surface area contributed by atoms with Crippen LogP contribution >= 0.6 is 11.8 Å². The Morgan fingerprint density at radius 2 is 1.71 bits per heavy atom. The van der Waals surface area contributed by atoms with Crippen LogP contribution in [0.25, 0.3) is 10.9 Å². The van der Waals surface area contributed by atoms with Crippen molar-refractivity contribution in [2.45, 2.75) is 4.90 Å². The minimum absolute atomic E-state index is 0.0390. The highest BCUT2D eigenvalue weighted by atomic mass is 32.2. The number of nitrogens with one attached hydrogen (secondary N) is 2. The van der Waals surface area contributed by atoms with Crippen LogP contribution in [0.15, 0.2) is 71.6 Å². The second-order valence-electron chi connectivity index (χ2n) is 5.27. The van der Waals surface area contributed by atoms with Crippen molar-refractivity contribution in [1.29, 1.82) is 0 Å². The van der Waals surface area contributed by atoms with Crippen molar-refractivity contribution in [2.75, 3.05) is 24.2 Å².